The first-order valence-corrected chi connectivity index (χ1v) is 13.2. The van der Waals surface area contributed by atoms with Crippen LogP contribution in [0.3, 0.4) is 0 Å². The normalized spacial score (nSPS) is 15.9. The van der Waals surface area contributed by atoms with Gasteiger partial charge in [-0.15, -0.1) is 0 Å². The van der Waals surface area contributed by atoms with E-state index in [1.54, 1.807) is 13.0 Å². The Kier molecular flexibility index (Phi) is 6.48. The summed E-state index contributed by atoms with van der Waals surface area (Å²) in [5, 5.41) is 10.6. The van der Waals surface area contributed by atoms with Crippen LogP contribution in [0.1, 0.15) is 32.9 Å². The zero-order chi connectivity index (χ0) is 26.5. The van der Waals surface area contributed by atoms with Crippen LogP contribution in [-0.4, -0.2) is 68.1 Å². The monoisotopic (exact) mass is 530 g/mol. The minimum Gasteiger partial charge on any atom is -0.349 e. The molecule has 1 unspecified atom stereocenters. The number of benzene rings is 1. The maximum Gasteiger partial charge on any atom is 0.418 e. The molecule has 0 fully saturated rings. The van der Waals surface area contributed by atoms with Gasteiger partial charge < -0.3 is 10.2 Å². The highest BCUT2D eigenvalue weighted by Gasteiger charge is 2.36. The summed E-state index contributed by atoms with van der Waals surface area (Å²) < 4.78 is 55.1. The average molecular weight is 531 g/mol. The number of fused-ring (bicyclic) bond motifs is 5. The van der Waals surface area contributed by atoms with E-state index in [1.165, 1.54) is 12.3 Å². The lowest BCUT2D eigenvalue weighted by Gasteiger charge is -2.23. The fourth-order valence-electron chi connectivity index (χ4n) is 4.70. The number of amides is 1. The third-order valence-corrected chi connectivity index (χ3v) is 7.75. The summed E-state index contributed by atoms with van der Waals surface area (Å²) in [6.07, 6.45) is -2.86. The van der Waals surface area contributed by atoms with E-state index in [1.807, 2.05) is 19.0 Å². The number of nitrogens with zero attached hydrogens (tertiary/aromatic N) is 4. The minimum atomic E-state index is -4.65. The molecular weight excluding hydrogens is 505 g/mol. The molecule has 1 aliphatic heterocycles. The van der Waals surface area contributed by atoms with E-state index in [2.05, 4.69) is 25.5 Å². The van der Waals surface area contributed by atoms with Crippen LogP contribution in [0.25, 0.3) is 33.1 Å². The van der Waals surface area contributed by atoms with Crippen LogP contribution in [-0.2, 0) is 29.1 Å². The molecule has 8 nitrogen and oxygen atoms in total. The quantitative estimate of drug-likeness (QED) is 0.409. The van der Waals surface area contributed by atoms with Crippen LogP contribution in [0.2, 0.25) is 0 Å². The molecule has 1 aromatic carbocycles. The highest BCUT2D eigenvalue weighted by atomic mass is 32.2. The van der Waals surface area contributed by atoms with Crippen molar-refractivity contribution in [3.05, 3.63) is 52.5 Å². The second-order valence-corrected chi connectivity index (χ2v) is 10.9. The van der Waals surface area contributed by atoms with Crippen molar-refractivity contribution in [1.29, 1.82) is 0 Å². The Morgan fingerprint density at radius 2 is 2.00 bits per heavy atom. The topological polar surface area (TPSA) is 104 Å². The van der Waals surface area contributed by atoms with Crippen molar-refractivity contribution in [3.8, 4) is 11.3 Å². The number of hydrogen-bond acceptors (Lipinski definition) is 6. The molecule has 0 bridgehead atoms. The first-order chi connectivity index (χ1) is 17.5. The average Bonchev–Trinajstić information content (AvgIpc) is 3.22. The summed E-state index contributed by atoms with van der Waals surface area (Å²) in [7, 11) is 2.62. The van der Waals surface area contributed by atoms with Gasteiger partial charge in [0.2, 0.25) is 0 Å². The number of carbonyl (C=O) groups excluding carboxylic acids is 1. The lowest BCUT2D eigenvalue weighted by molar-refractivity contribution is -0.136. The number of aromatic nitrogens is 4. The zero-order valence-electron chi connectivity index (χ0n) is 20.5. The number of rotatable bonds is 5. The van der Waals surface area contributed by atoms with Gasteiger partial charge in [0, 0.05) is 57.9 Å². The van der Waals surface area contributed by atoms with Crippen molar-refractivity contribution >= 4 is 38.5 Å². The van der Waals surface area contributed by atoms with E-state index in [4.69, 9.17) is 0 Å². The largest absolute Gasteiger partial charge is 0.418 e. The van der Waals surface area contributed by atoms with Gasteiger partial charge in [0.1, 0.15) is 5.69 Å². The maximum atomic E-state index is 14.2. The van der Waals surface area contributed by atoms with E-state index in [9.17, 15) is 22.2 Å². The predicted molar refractivity (Wildman–Crippen MR) is 136 cm³/mol. The Morgan fingerprint density at radius 3 is 2.68 bits per heavy atom. The Bertz CT molecular complexity index is 1550. The molecular formula is C25H25F3N6O2S. The molecule has 4 aromatic rings. The van der Waals surface area contributed by atoms with Crippen molar-refractivity contribution in [1.82, 2.24) is 30.4 Å². The number of alkyl halides is 3. The molecule has 1 amide bonds. The molecule has 194 valence electrons. The second-order valence-electron chi connectivity index (χ2n) is 9.34. The van der Waals surface area contributed by atoms with Gasteiger partial charge >= 0.3 is 6.18 Å². The summed E-state index contributed by atoms with van der Waals surface area (Å²) in [6.45, 7) is 2.87. The number of carbonyl (C=O) groups is 1. The van der Waals surface area contributed by atoms with Crippen LogP contribution >= 0.6 is 0 Å². The van der Waals surface area contributed by atoms with Crippen molar-refractivity contribution in [2.45, 2.75) is 25.3 Å². The number of pyridine rings is 2. The van der Waals surface area contributed by atoms with Crippen molar-refractivity contribution in [3.63, 3.8) is 0 Å². The molecule has 2 N–H and O–H groups in total. The first kappa shape index (κ1) is 25.3. The van der Waals surface area contributed by atoms with E-state index in [0.717, 1.165) is 6.07 Å². The first-order valence-electron chi connectivity index (χ1n) is 11.7. The molecule has 5 rings (SSSR count). The van der Waals surface area contributed by atoms with E-state index < -0.39 is 22.5 Å². The van der Waals surface area contributed by atoms with Crippen LogP contribution in [0.4, 0.5) is 13.2 Å². The highest BCUT2D eigenvalue weighted by Crippen LogP contribution is 2.43. The number of nitrogens with one attached hydrogen (secondary N) is 2. The number of hydrogen-bond donors (Lipinski definition) is 2. The van der Waals surface area contributed by atoms with Gasteiger partial charge in [-0.2, -0.15) is 18.3 Å². The summed E-state index contributed by atoms with van der Waals surface area (Å²) in [4.78, 5) is 23.1. The molecule has 37 heavy (non-hydrogen) atoms. The van der Waals surface area contributed by atoms with Gasteiger partial charge in [0.25, 0.3) is 5.91 Å². The van der Waals surface area contributed by atoms with E-state index >= 15 is 0 Å². The molecule has 1 atom stereocenters. The SMILES string of the molecule is Cc1[nH]nc2cc(C(F)(F)F)c3nc(-c4ccc(C(=O)NCCN(C)C)nc4)c4c(c3c12)CCS(=O)C4. The predicted octanol–water partition coefficient (Wildman–Crippen LogP) is 3.60. The van der Waals surface area contributed by atoms with Gasteiger partial charge in [0.15, 0.2) is 0 Å². The molecule has 0 saturated carbocycles. The standard InChI is InChI=1S/C25H25F3N6O2S/c1-13-20-19(33-32-13)10-17(25(26,27)28)23-21(20)15-6-9-37(36)12-16(15)22(31-23)14-4-5-18(30-11-14)24(35)29-7-8-34(2)3/h4-5,10-11H,6-9,12H2,1-3H3,(H,29,35)(H,32,33). The van der Waals surface area contributed by atoms with Crippen LogP contribution in [0, 0.1) is 6.92 Å². The van der Waals surface area contributed by atoms with Crippen LogP contribution < -0.4 is 5.32 Å². The Balaban J connectivity index is 1.69. The highest BCUT2D eigenvalue weighted by molar-refractivity contribution is 7.84. The molecule has 3 aromatic heterocycles. The third kappa shape index (κ3) is 4.71. The lowest BCUT2D eigenvalue weighted by Crippen LogP contribution is -2.31. The molecule has 1 aliphatic rings. The molecule has 0 radical (unpaired) electrons. The number of aromatic amines is 1. The Hall–Kier alpha value is -3.38. The lowest BCUT2D eigenvalue weighted by atomic mass is 9.92. The molecule has 0 aliphatic carbocycles. The van der Waals surface area contributed by atoms with Crippen molar-refractivity contribution < 1.29 is 22.2 Å². The maximum absolute atomic E-state index is 14.2. The van der Waals surface area contributed by atoms with Gasteiger partial charge in [-0.1, -0.05) is 0 Å². The van der Waals surface area contributed by atoms with Gasteiger partial charge in [-0.05, 0) is 56.8 Å². The third-order valence-electron chi connectivity index (χ3n) is 6.48. The van der Waals surface area contributed by atoms with Crippen LogP contribution in [0.15, 0.2) is 24.4 Å². The Labute approximate surface area is 213 Å². The summed E-state index contributed by atoms with van der Waals surface area (Å²) in [5.74, 6) is 0.180. The number of halogens is 3. The summed E-state index contributed by atoms with van der Waals surface area (Å²) in [6, 6.07) is 4.16. The molecule has 0 saturated heterocycles. The van der Waals surface area contributed by atoms with Crippen LogP contribution in [0.5, 0.6) is 0 Å². The van der Waals surface area contributed by atoms with Crippen molar-refractivity contribution in [2.24, 2.45) is 0 Å². The smallest absolute Gasteiger partial charge is 0.349 e. The second kappa shape index (κ2) is 9.49. The number of aryl methyl sites for hydroxylation is 2. The Morgan fingerprint density at radius 1 is 1.22 bits per heavy atom. The molecule has 0 spiro atoms. The summed E-state index contributed by atoms with van der Waals surface area (Å²) >= 11 is 0. The zero-order valence-corrected chi connectivity index (χ0v) is 21.3. The van der Waals surface area contributed by atoms with Gasteiger partial charge in [-0.25, -0.2) is 4.98 Å². The van der Waals surface area contributed by atoms with E-state index in [0.29, 0.717) is 64.1 Å². The fourth-order valence-corrected chi connectivity index (χ4v) is 5.91. The van der Waals surface area contributed by atoms with E-state index in [-0.39, 0.29) is 28.4 Å². The minimum absolute atomic E-state index is 0.170. The molecule has 4 heterocycles. The number of H-pyrrole nitrogens is 1. The molecule has 12 heteroatoms. The summed E-state index contributed by atoms with van der Waals surface area (Å²) in [5.41, 5.74) is 2.10. The fraction of sp³-hybridized carbons (Fsp3) is 0.360. The van der Waals surface area contributed by atoms with Gasteiger partial charge in [0.05, 0.1) is 28.0 Å². The van der Waals surface area contributed by atoms with Gasteiger partial charge in [-0.3, -0.25) is 19.1 Å². The van der Waals surface area contributed by atoms with Crippen molar-refractivity contribution in [2.75, 3.05) is 32.9 Å². The number of likely N-dealkylation sites (N-methyl/N-ethyl adjacent to an activating group) is 1.